The van der Waals surface area contributed by atoms with Crippen molar-refractivity contribution in [2.45, 2.75) is 83.5 Å². The summed E-state index contributed by atoms with van der Waals surface area (Å²) in [7, 11) is 0. The number of allylic oxidation sites excluding steroid dienone is 4. The lowest BCUT2D eigenvalue weighted by Crippen LogP contribution is -2.42. The second kappa shape index (κ2) is 13.2. The molecule has 5 nitrogen and oxygen atoms in total. The molecule has 2 bridgehead atoms. The van der Waals surface area contributed by atoms with Crippen molar-refractivity contribution in [3.05, 3.63) is 24.3 Å². The van der Waals surface area contributed by atoms with E-state index >= 15 is 0 Å². The quantitative estimate of drug-likeness (QED) is 0.605. The second-order valence-corrected chi connectivity index (χ2v) is 8.22. The summed E-state index contributed by atoms with van der Waals surface area (Å²) in [5.74, 6) is 0.256. The molecule has 0 aromatic rings. The Kier molecular flexibility index (Phi) is 10.6. The van der Waals surface area contributed by atoms with Gasteiger partial charge in [-0.15, -0.1) is 0 Å². The number of fused-ring (bicyclic) bond motifs is 2. The number of nitrogens with zero attached hydrogens (tertiary/aromatic N) is 1. The minimum absolute atomic E-state index is 0.0202. The molecule has 0 spiro atoms. The van der Waals surface area contributed by atoms with Gasteiger partial charge >= 0.3 is 0 Å². The van der Waals surface area contributed by atoms with Crippen molar-refractivity contribution in [1.29, 1.82) is 0 Å². The largest absolute Gasteiger partial charge is 0.342 e. The summed E-state index contributed by atoms with van der Waals surface area (Å²) in [6, 6.07) is 0. The molecule has 0 aliphatic carbocycles. The fourth-order valence-electron chi connectivity index (χ4n) is 3.93. The normalized spacial score (nSPS) is 24.8. The van der Waals surface area contributed by atoms with Gasteiger partial charge in [-0.05, 0) is 44.9 Å². The van der Waals surface area contributed by atoms with Crippen LogP contribution in [0.4, 0.5) is 0 Å². The van der Waals surface area contributed by atoms with E-state index in [-0.39, 0.29) is 54.9 Å². The lowest BCUT2D eigenvalue weighted by Gasteiger charge is -2.32. The number of Topliss-reactive ketones (excluding diaryl/α,β-unsaturated/α-hetero) is 3. The van der Waals surface area contributed by atoms with Crippen LogP contribution in [0.25, 0.3) is 0 Å². The van der Waals surface area contributed by atoms with Crippen LogP contribution < -0.4 is 0 Å². The van der Waals surface area contributed by atoms with E-state index in [4.69, 9.17) is 0 Å². The van der Waals surface area contributed by atoms with Crippen LogP contribution in [0.3, 0.4) is 0 Å². The molecule has 29 heavy (non-hydrogen) atoms. The molecule has 0 aromatic heterocycles. The molecule has 0 saturated carbocycles. The van der Waals surface area contributed by atoms with Crippen LogP contribution in [-0.2, 0) is 19.2 Å². The van der Waals surface area contributed by atoms with Crippen LogP contribution in [0.5, 0.6) is 0 Å². The van der Waals surface area contributed by atoms with Crippen LogP contribution in [0, 0.1) is 5.92 Å². The van der Waals surface area contributed by atoms with Crippen LogP contribution in [0.15, 0.2) is 24.3 Å². The average Bonchev–Trinajstić information content (AvgIpc) is 2.73. The van der Waals surface area contributed by atoms with Gasteiger partial charge in [-0.1, -0.05) is 24.3 Å². The summed E-state index contributed by atoms with van der Waals surface area (Å²) < 4.78 is 0. The molecule has 0 N–H and O–H groups in total. The first-order valence-corrected chi connectivity index (χ1v) is 11.2. The summed E-state index contributed by atoms with van der Waals surface area (Å²) in [5, 5.41) is 0. The Morgan fingerprint density at radius 2 is 1.34 bits per heavy atom. The highest BCUT2D eigenvalue weighted by Gasteiger charge is 2.27. The van der Waals surface area contributed by atoms with Crippen LogP contribution in [0.1, 0.15) is 83.5 Å². The van der Waals surface area contributed by atoms with Gasteiger partial charge in [0.2, 0.25) is 5.91 Å². The summed E-state index contributed by atoms with van der Waals surface area (Å²) in [4.78, 5) is 50.7. The third-order valence-corrected chi connectivity index (χ3v) is 5.78. The van der Waals surface area contributed by atoms with Gasteiger partial charge < -0.3 is 4.90 Å². The predicted molar refractivity (Wildman–Crippen MR) is 113 cm³/mol. The number of carbonyl (C=O) groups excluding carboxylic acids is 4. The number of ketones is 3. The molecule has 1 atom stereocenters. The van der Waals surface area contributed by atoms with E-state index in [1.807, 2.05) is 12.2 Å². The molecular formula is C24H35NO4. The minimum atomic E-state index is -0.0669. The standard InChI is InChI=1S/C24H35NO4/c26-21-12-8-6-4-2-1-3-5-7-9-13-23(28)20-11-10-18-25(19-20)24(29)17-16-22(27)15-14-21/h1-3,5,20H,4,6-19H2. The average molecular weight is 402 g/mol. The van der Waals surface area contributed by atoms with Gasteiger partial charge in [-0.25, -0.2) is 0 Å². The first-order chi connectivity index (χ1) is 14.1. The molecule has 160 valence electrons. The smallest absolute Gasteiger partial charge is 0.223 e. The number of hydrogen-bond acceptors (Lipinski definition) is 4. The Bertz CT molecular complexity index is 635. The fourth-order valence-corrected chi connectivity index (χ4v) is 3.93. The van der Waals surface area contributed by atoms with E-state index in [9.17, 15) is 19.2 Å². The minimum Gasteiger partial charge on any atom is -0.342 e. The maximum atomic E-state index is 12.5. The zero-order chi connectivity index (χ0) is 20.9. The van der Waals surface area contributed by atoms with E-state index < -0.39 is 0 Å². The van der Waals surface area contributed by atoms with Crippen molar-refractivity contribution in [2.75, 3.05) is 13.1 Å². The monoisotopic (exact) mass is 401 g/mol. The van der Waals surface area contributed by atoms with Crippen molar-refractivity contribution >= 4 is 23.3 Å². The van der Waals surface area contributed by atoms with Crippen molar-refractivity contribution in [3.8, 4) is 0 Å². The summed E-state index contributed by atoms with van der Waals surface area (Å²) in [6.07, 6.45) is 16.4. The molecule has 1 fully saturated rings. The number of hydrogen-bond donors (Lipinski definition) is 0. The van der Waals surface area contributed by atoms with Gasteiger partial charge in [-0.3, -0.25) is 19.2 Å². The molecule has 5 heteroatoms. The topological polar surface area (TPSA) is 71.5 Å². The number of carbonyl (C=O) groups is 4. The molecule has 0 aromatic carbocycles. The molecule has 2 aliphatic rings. The summed E-state index contributed by atoms with van der Waals surface area (Å²) in [6.45, 7) is 1.16. The maximum absolute atomic E-state index is 12.5. The summed E-state index contributed by atoms with van der Waals surface area (Å²) >= 11 is 0. The van der Waals surface area contributed by atoms with E-state index in [2.05, 4.69) is 12.2 Å². The van der Waals surface area contributed by atoms with Crippen LogP contribution in [0.2, 0.25) is 0 Å². The van der Waals surface area contributed by atoms with Gasteiger partial charge in [0.15, 0.2) is 0 Å². The summed E-state index contributed by atoms with van der Waals surface area (Å²) in [5.41, 5.74) is 0. The zero-order valence-corrected chi connectivity index (χ0v) is 17.6. The third-order valence-electron chi connectivity index (χ3n) is 5.78. The van der Waals surface area contributed by atoms with E-state index in [1.165, 1.54) is 0 Å². The molecule has 2 heterocycles. The zero-order valence-electron chi connectivity index (χ0n) is 17.6. The van der Waals surface area contributed by atoms with Crippen molar-refractivity contribution in [2.24, 2.45) is 5.92 Å². The number of piperidine rings is 1. The third kappa shape index (κ3) is 9.33. The number of rotatable bonds is 0. The highest BCUT2D eigenvalue weighted by Crippen LogP contribution is 2.21. The Morgan fingerprint density at radius 3 is 2.10 bits per heavy atom. The molecule has 1 unspecified atom stereocenters. The fraction of sp³-hybridized carbons (Fsp3) is 0.667. The predicted octanol–water partition coefficient (Wildman–Crippen LogP) is 4.35. The van der Waals surface area contributed by atoms with Gasteiger partial charge in [0.25, 0.3) is 0 Å². The lowest BCUT2D eigenvalue weighted by molar-refractivity contribution is -0.136. The molecule has 1 saturated heterocycles. The van der Waals surface area contributed by atoms with E-state index in [0.717, 1.165) is 44.9 Å². The maximum Gasteiger partial charge on any atom is 0.223 e. The molecule has 2 aliphatic heterocycles. The van der Waals surface area contributed by atoms with Crippen molar-refractivity contribution < 1.29 is 19.2 Å². The van der Waals surface area contributed by atoms with E-state index in [1.54, 1.807) is 4.90 Å². The Morgan fingerprint density at radius 1 is 0.690 bits per heavy atom. The van der Waals surface area contributed by atoms with Crippen LogP contribution in [-0.4, -0.2) is 41.2 Å². The Balaban J connectivity index is 1.91. The van der Waals surface area contributed by atoms with Crippen molar-refractivity contribution in [1.82, 2.24) is 4.90 Å². The highest BCUT2D eigenvalue weighted by atomic mass is 16.2. The Labute approximate surface area is 174 Å². The van der Waals surface area contributed by atoms with Crippen molar-refractivity contribution in [3.63, 3.8) is 0 Å². The second-order valence-electron chi connectivity index (χ2n) is 8.22. The molecule has 0 radical (unpaired) electrons. The first kappa shape index (κ1) is 23.2. The molecule has 2 rings (SSSR count). The van der Waals surface area contributed by atoms with Crippen LogP contribution >= 0.6 is 0 Å². The van der Waals surface area contributed by atoms with Gasteiger partial charge in [0.05, 0.1) is 0 Å². The van der Waals surface area contributed by atoms with E-state index in [0.29, 0.717) is 25.9 Å². The SMILES string of the molecule is O=C1CCCCC=CC=CCCCC(=O)C2CCCN(C2)C(=O)CCC(=O)CC1. The Hall–Kier alpha value is -2.04. The number of amides is 1. The lowest BCUT2D eigenvalue weighted by atomic mass is 9.91. The van der Waals surface area contributed by atoms with Gasteiger partial charge in [0, 0.05) is 57.5 Å². The van der Waals surface area contributed by atoms with Gasteiger partial charge in [0.1, 0.15) is 17.3 Å². The molecule has 1 amide bonds. The highest BCUT2D eigenvalue weighted by molar-refractivity contribution is 5.89. The molecular weight excluding hydrogens is 366 g/mol. The van der Waals surface area contributed by atoms with Gasteiger partial charge in [-0.2, -0.15) is 0 Å². The first-order valence-electron chi connectivity index (χ1n) is 11.2.